The van der Waals surface area contributed by atoms with E-state index in [2.05, 4.69) is 6.92 Å². The van der Waals surface area contributed by atoms with Gasteiger partial charge in [0.05, 0.1) is 0 Å². The quantitative estimate of drug-likeness (QED) is 0.452. The van der Waals surface area contributed by atoms with Crippen LogP contribution in [0.3, 0.4) is 0 Å². The van der Waals surface area contributed by atoms with Gasteiger partial charge in [0.2, 0.25) is 0 Å². The van der Waals surface area contributed by atoms with Gasteiger partial charge in [-0.25, -0.2) is 0 Å². The van der Waals surface area contributed by atoms with Crippen molar-refractivity contribution in [2.24, 2.45) is 0 Å². The molecule has 0 aliphatic carbocycles. The van der Waals surface area contributed by atoms with Crippen LogP contribution in [-0.4, -0.2) is 11.7 Å². The Kier molecular flexibility index (Phi) is 28.6. The van der Waals surface area contributed by atoms with E-state index in [-0.39, 0.29) is 26.5 Å². The largest absolute Gasteiger partial charge is 0.396 e. The van der Waals surface area contributed by atoms with Crippen molar-refractivity contribution >= 4 is 0 Å². The third-order valence-electron chi connectivity index (χ3n) is 2.76. The molecule has 0 aromatic rings. The first-order valence-corrected chi connectivity index (χ1v) is 6.52. The van der Waals surface area contributed by atoms with E-state index in [4.69, 9.17) is 5.11 Å². The fourth-order valence-electron chi connectivity index (χ4n) is 1.78. The van der Waals surface area contributed by atoms with Gasteiger partial charge in [0.15, 0.2) is 0 Å². The maximum absolute atomic E-state index is 8.59. The van der Waals surface area contributed by atoms with Crippen molar-refractivity contribution in [3.8, 4) is 0 Å². The SMILES string of the molecule is CCCCCCCCCCCCCO.[Mo].[O]. The molecule has 3 heteroatoms. The number of unbranched alkanes of at least 4 members (excludes halogenated alkanes) is 10. The molecule has 0 saturated carbocycles. The molecular formula is C13H28MoO2. The normalized spacial score (nSPS) is 9.38. The second-order valence-corrected chi connectivity index (χ2v) is 4.26. The van der Waals surface area contributed by atoms with E-state index in [1.54, 1.807) is 0 Å². The Balaban J connectivity index is -0.000000845. The third-order valence-corrected chi connectivity index (χ3v) is 2.76. The Bertz CT molecular complexity index is 87.9. The van der Waals surface area contributed by atoms with Gasteiger partial charge in [-0.05, 0) is 6.42 Å². The van der Waals surface area contributed by atoms with Gasteiger partial charge in [0, 0.05) is 33.1 Å². The molecule has 0 fully saturated rings. The Labute approximate surface area is 116 Å². The Morgan fingerprint density at radius 1 is 0.625 bits per heavy atom. The zero-order chi connectivity index (χ0) is 10.5. The fraction of sp³-hybridized carbons (Fsp3) is 1.00. The molecule has 0 unspecified atom stereocenters. The van der Waals surface area contributed by atoms with E-state index in [1.807, 2.05) is 0 Å². The van der Waals surface area contributed by atoms with Crippen molar-refractivity contribution in [3.05, 3.63) is 0 Å². The number of hydrogen-bond acceptors (Lipinski definition) is 1. The van der Waals surface area contributed by atoms with Gasteiger partial charge >= 0.3 is 0 Å². The summed E-state index contributed by atoms with van der Waals surface area (Å²) in [6, 6.07) is 0. The predicted octanol–water partition coefficient (Wildman–Crippen LogP) is 4.17. The monoisotopic (exact) mass is 314 g/mol. The van der Waals surface area contributed by atoms with Crippen LogP contribution in [0, 0.1) is 0 Å². The topological polar surface area (TPSA) is 48.7 Å². The Morgan fingerprint density at radius 2 is 0.938 bits per heavy atom. The van der Waals surface area contributed by atoms with Crippen molar-refractivity contribution in [3.63, 3.8) is 0 Å². The first-order chi connectivity index (χ1) is 6.91. The van der Waals surface area contributed by atoms with Gasteiger partial charge in [-0.3, -0.25) is 0 Å². The van der Waals surface area contributed by atoms with Gasteiger partial charge in [-0.1, -0.05) is 71.1 Å². The molecule has 2 nitrogen and oxygen atoms in total. The summed E-state index contributed by atoms with van der Waals surface area (Å²) >= 11 is 0. The molecule has 0 atom stereocenters. The second-order valence-electron chi connectivity index (χ2n) is 4.26. The van der Waals surface area contributed by atoms with Crippen molar-refractivity contribution in [2.75, 3.05) is 6.61 Å². The molecule has 0 amide bonds. The molecule has 0 saturated heterocycles. The molecule has 0 rings (SSSR count). The van der Waals surface area contributed by atoms with Crippen LogP contribution in [0.15, 0.2) is 0 Å². The molecule has 0 aromatic heterocycles. The minimum absolute atomic E-state index is 0. The second kappa shape index (κ2) is 21.0. The Morgan fingerprint density at radius 3 is 1.25 bits per heavy atom. The van der Waals surface area contributed by atoms with Crippen LogP contribution in [0.2, 0.25) is 0 Å². The average Bonchev–Trinajstić information content (AvgIpc) is 2.21. The molecule has 1 N–H and O–H groups in total. The number of rotatable bonds is 11. The minimum Gasteiger partial charge on any atom is -0.396 e. The van der Waals surface area contributed by atoms with Crippen LogP contribution in [0.1, 0.15) is 77.6 Å². The molecule has 0 bridgehead atoms. The summed E-state index contributed by atoms with van der Waals surface area (Å²) < 4.78 is 0. The average molecular weight is 312 g/mol. The van der Waals surface area contributed by atoms with Gasteiger partial charge in [-0.15, -0.1) is 0 Å². The van der Waals surface area contributed by atoms with Crippen LogP contribution < -0.4 is 0 Å². The molecule has 0 aliphatic rings. The van der Waals surface area contributed by atoms with E-state index < -0.39 is 0 Å². The predicted molar refractivity (Wildman–Crippen MR) is 64.2 cm³/mol. The van der Waals surface area contributed by atoms with Crippen LogP contribution in [0.4, 0.5) is 0 Å². The number of hydrogen-bond donors (Lipinski definition) is 1. The molecule has 2 radical (unpaired) electrons. The number of aliphatic hydroxyl groups excluding tert-OH is 1. The smallest absolute Gasteiger partial charge is 0.0431 e. The van der Waals surface area contributed by atoms with E-state index in [1.165, 1.54) is 64.2 Å². The first-order valence-electron chi connectivity index (χ1n) is 6.52. The summed E-state index contributed by atoms with van der Waals surface area (Å²) in [4.78, 5) is 0. The molecule has 0 heterocycles. The zero-order valence-electron chi connectivity index (χ0n) is 10.7. The molecule has 98 valence electrons. The maximum Gasteiger partial charge on any atom is 0.0431 e. The summed E-state index contributed by atoms with van der Waals surface area (Å²) in [5, 5.41) is 8.59. The Hall–Kier alpha value is 0.608. The minimum atomic E-state index is 0. The van der Waals surface area contributed by atoms with Crippen molar-refractivity contribution < 1.29 is 31.6 Å². The summed E-state index contributed by atoms with van der Waals surface area (Å²) in [7, 11) is 0. The summed E-state index contributed by atoms with van der Waals surface area (Å²) in [5.74, 6) is 0. The standard InChI is InChI=1S/C13H28O.Mo.O/c1-2-3-4-5-6-7-8-9-10-11-12-13-14;;/h14H,2-13H2,1H3;;. The van der Waals surface area contributed by atoms with E-state index >= 15 is 0 Å². The summed E-state index contributed by atoms with van der Waals surface area (Å²) in [6.45, 7) is 2.64. The molecular weight excluding hydrogens is 284 g/mol. The third kappa shape index (κ3) is 20.1. The van der Waals surface area contributed by atoms with Crippen LogP contribution >= 0.6 is 0 Å². The van der Waals surface area contributed by atoms with Crippen LogP contribution in [0.5, 0.6) is 0 Å². The maximum atomic E-state index is 8.59. The molecule has 0 spiro atoms. The molecule has 16 heavy (non-hydrogen) atoms. The first kappa shape index (κ1) is 21.8. The van der Waals surface area contributed by atoms with Gasteiger partial charge in [0.1, 0.15) is 0 Å². The molecule has 0 aliphatic heterocycles. The number of aliphatic hydroxyl groups is 1. The zero-order valence-corrected chi connectivity index (χ0v) is 12.8. The van der Waals surface area contributed by atoms with E-state index in [0.29, 0.717) is 6.61 Å². The van der Waals surface area contributed by atoms with Crippen molar-refractivity contribution in [1.82, 2.24) is 0 Å². The van der Waals surface area contributed by atoms with Crippen molar-refractivity contribution in [1.29, 1.82) is 0 Å². The fourth-order valence-corrected chi connectivity index (χ4v) is 1.78. The van der Waals surface area contributed by atoms with Gasteiger partial charge < -0.3 is 5.11 Å². The van der Waals surface area contributed by atoms with E-state index in [9.17, 15) is 0 Å². The van der Waals surface area contributed by atoms with Gasteiger partial charge in [-0.2, -0.15) is 0 Å². The molecule has 0 aromatic carbocycles. The van der Waals surface area contributed by atoms with E-state index in [0.717, 1.165) is 6.42 Å². The van der Waals surface area contributed by atoms with Crippen LogP contribution in [-0.2, 0) is 26.5 Å². The summed E-state index contributed by atoms with van der Waals surface area (Å²) in [6.07, 6.45) is 14.8. The summed E-state index contributed by atoms with van der Waals surface area (Å²) in [5.41, 5.74) is 0. The van der Waals surface area contributed by atoms with Crippen LogP contribution in [0.25, 0.3) is 0 Å². The van der Waals surface area contributed by atoms with Gasteiger partial charge in [0.25, 0.3) is 0 Å². The van der Waals surface area contributed by atoms with Crippen molar-refractivity contribution in [2.45, 2.75) is 77.6 Å².